The molecule has 5 heteroatoms. The highest BCUT2D eigenvalue weighted by Gasteiger charge is 2.39. The number of aryl methyl sites for hydroxylation is 1. The zero-order valence-corrected chi connectivity index (χ0v) is 11.9. The molecule has 3 rings (SSSR count). The SMILES string of the molecule is Cc1c(C(CN)N2CCOC3CCCC32)cnn1C. The molecule has 1 aliphatic heterocycles. The monoisotopic (exact) mass is 264 g/mol. The van der Waals surface area contributed by atoms with Gasteiger partial charge in [0.15, 0.2) is 0 Å². The van der Waals surface area contributed by atoms with Crippen molar-refractivity contribution in [3.8, 4) is 0 Å². The predicted octanol–water partition coefficient (Wildman–Crippen LogP) is 0.982. The fourth-order valence-electron chi connectivity index (χ4n) is 3.63. The summed E-state index contributed by atoms with van der Waals surface area (Å²) in [5.74, 6) is 0. The lowest BCUT2D eigenvalue weighted by Crippen LogP contribution is -2.51. The van der Waals surface area contributed by atoms with E-state index in [2.05, 4.69) is 16.9 Å². The van der Waals surface area contributed by atoms with E-state index in [0.29, 0.717) is 18.7 Å². The maximum Gasteiger partial charge on any atom is 0.0731 e. The molecule has 0 amide bonds. The number of ether oxygens (including phenoxy) is 1. The van der Waals surface area contributed by atoms with Gasteiger partial charge in [-0.05, 0) is 26.2 Å². The minimum absolute atomic E-state index is 0.281. The summed E-state index contributed by atoms with van der Waals surface area (Å²) in [6.45, 7) is 4.58. The summed E-state index contributed by atoms with van der Waals surface area (Å²) >= 11 is 0. The number of rotatable bonds is 3. The van der Waals surface area contributed by atoms with Crippen LogP contribution >= 0.6 is 0 Å². The van der Waals surface area contributed by atoms with Crippen LogP contribution in [-0.4, -0.2) is 46.5 Å². The smallest absolute Gasteiger partial charge is 0.0731 e. The van der Waals surface area contributed by atoms with Gasteiger partial charge in [0, 0.05) is 37.4 Å². The van der Waals surface area contributed by atoms with E-state index >= 15 is 0 Å². The number of nitrogens with two attached hydrogens (primary N) is 1. The lowest BCUT2D eigenvalue weighted by atomic mass is 10.0. The van der Waals surface area contributed by atoms with Crippen LogP contribution in [0.3, 0.4) is 0 Å². The van der Waals surface area contributed by atoms with Gasteiger partial charge in [0.1, 0.15) is 0 Å². The van der Waals surface area contributed by atoms with Gasteiger partial charge >= 0.3 is 0 Å². The van der Waals surface area contributed by atoms with Crippen LogP contribution in [0, 0.1) is 6.92 Å². The van der Waals surface area contributed by atoms with Crippen molar-refractivity contribution >= 4 is 0 Å². The summed E-state index contributed by atoms with van der Waals surface area (Å²) in [6, 6.07) is 0.824. The highest BCUT2D eigenvalue weighted by atomic mass is 16.5. The molecule has 2 heterocycles. The Bertz CT molecular complexity index is 445. The minimum Gasteiger partial charge on any atom is -0.375 e. The van der Waals surface area contributed by atoms with E-state index in [1.165, 1.54) is 30.5 Å². The molecule has 3 unspecified atom stereocenters. The quantitative estimate of drug-likeness (QED) is 0.884. The van der Waals surface area contributed by atoms with Crippen molar-refractivity contribution < 1.29 is 4.74 Å². The highest BCUT2D eigenvalue weighted by molar-refractivity contribution is 5.22. The Kier molecular flexibility index (Phi) is 3.60. The molecule has 1 saturated heterocycles. The average Bonchev–Trinajstić information content (AvgIpc) is 3.01. The normalized spacial score (nSPS) is 29.4. The van der Waals surface area contributed by atoms with Crippen LogP contribution < -0.4 is 5.73 Å². The van der Waals surface area contributed by atoms with Crippen molar-refractivity contribution in [3.63, 3.8) is 0 Å². The van der Waals surface area contributed by atoms with E-state index < -0.39 is 0 Å². The van der Waals surface area contributed by atoms with Gasteiger partial charge in [0.25, 0.3) is 0 Å². The minimum atomic E-state index is 0.281. The number of fused-ring (bicyclic) bond motifs is 1. The largest absolute Gasteiger partial charge is 0.375 e. The van der Waals surface area contributed by atoms with E-state index in [9.17, 15) is 0 Å². The maximum atomic E-state index is 6.08. The number of aromatic nitrogens is 2. The van der Waals surface area contributed by atoms with Crippen LogP contribution in [0.25, 0.3) is 0 Å². The Morgan fingerprint density at radius 2 is 2.37 bits per heavy atom. The van der Waals surface area contributed by atoms with Gasteiger partial charge in [-0.15, -0.1) is 0 Å². The first-order valence-electron chi connectivity index (χ1n) is 7.28. The van der Waals surface area contributed by atoms with Gasteiger partial charge in [-0.25, -0.2) is 0 Å². The first-order chi connectivity index (χ1) is 9.22. The Labute approximate surface area is 114 Å². The second-order valence-electron chi connectivity index (χ2n) is 5.71. The molecule has 2 N–H and O–H groups in total. The molecule has 1 saturated carbocycles. The molecular weight excluding hydrogens is 240 g/mol. The Morgan fingerprint density at radius 1 is 1.53 bits per heavy atom. The van der Waals surface area contributed by atoms with Crippen molar-refractivity contribution in [1.29, 1.82) is 0 Å². The third-order valence-electron chi connectivity index (χ3n) is 4.78. The van der Waals surface area contributed by atoms with Crippen LogP contribution in [0.5, 0.6) is 0 Å². The molecule has 1 aromatic heterocycles. The fourth-order valence-corrected chi connectivity index (χ4v) is 3.63. The maximum absolute atomic E-state index is 6.08. The third kappa shape index (κ3) is 2.20. The lowest BCUT2D eigenvalue weighted by molar-refractivity contribution is -0.0712. The van der Waals surface area contributed by atoms with Gasteiger partial charge in [-0.3, -0.25) is 9.58 Å². The first-order valence-corrected chi connectivity index (χ1v) is 7.28. The molecule has 106 valence electrons. The van der Waals surface area contributed by atoms with E-state index in [0.717, 1.165) is 13.2 Å². The summed E-state index contributed by atoms with van der Waals surface area (Å²) in [4.78, 5) is 2.56. The van der Waals surface area contributed by atoms with Gasteiger partial charge in [0.05, 0.1) is 24.9 Å². The standard InChI is InChI=1S/C14H24N4O/c1-10-11(9-16-17(10)2)13(8-15)18-6-7-19-14-5-3-4-12(14)18/h9,12-14H,3-8,15H2,1-2H3. The van der Waals surface area contributed by atoms with Gasteiger partial charge in [0.2, 0.25) is 0 Å². The van der Waals surface area contributed by atoms with Crippen LogP contribution in [0.4, 0.5) is 0 Å². The molecule has 5 nitrogen and oxygen atoms in total. The lowest BCUT2D eigenvalue weighted by Gasteiger charge is -2.42. The van der Waals surface area contributed by atoms with Gasteiger partial charge in [-0.1, -0.05) is 0 Å². The zero-order valence-electron chi connectivity index (χ0n) is 11.9. The van der Waals surface area contributed by atoms with Crippen LogP contribution in [0.1, 0.15) is 36.6 Å². The summed E-state index contributed by atoms with van der Waals surface area (Å²) in [5.41, 5.74) is 8.57. The second-order valence-corrected chi connectivity index (χ2v) is 5.71. The average molecular weight is 264 g/mol. The van der Waals surface area contributed by atoms with Crippen LogP contribution in [-0.2, 0) is 11.8 Å². The molecule has 19 heavy (non-hydrogen) atoms. The van der Waals surface area contributed by atoms with Crippen molar-refractivity contribution in [3.05, 3.63) is 17.5 Å². The predicted molar refractivity (Wildman–Crippen MR) is 73.8 cm³/mol. The van der Waals surface area contributed by atoms with E-state index in [1.807, 2.05) is 17.9 Å². The topological polar surface area (TPSA) is 56.3 Å². The molecule has 0 bridgehead atoms. The summed E-state index contributed by atoms with van der Waals surface area (Å²) in [6.07, 6.45) is 6.10. The van der Waals surface area contributed by atoms with Crippen molar-refractivity contribution in [2.24, 2.45) is 12.8 Å². The van der Waals surface area contributed by atoms with Crippen molar-refractivity contribution in [2.75, 3.05) is 19.7 Å². The summed E-state index contributed by atoms with van der Waals surface area (Å²) < 4.78 is 7.83. The van der Waals surface area contributed by atoms with Crippen LogP contribution in [0.15, 0.2) is 6.20 Å². The number of hydrogen-bond acceptors (Lipinski definition) is 4. The molecule has 0 radical (unpaired) electrons. The summed E-state index contributed by atoms with van der Waals surface area (Å²) in [7, 11) is 1.99. The van der Waals surface area contributed by atoms with Crippen LogP contribution in [0.2, 0.25) is 0 Å². The van der Waals surface area contributed by atoms with Crippen molar-refractivity contribution in [2.45, 2.75) is 44.4 Å². The van der Waals surface area contributed by atoms with Gasteiger partial charge in [-0.2, -0.15) is 5.10 Å². The van der Waals surface area contributed by atoms with E-state index in [-0.39, 0.29) is 6.04 Å². The van der Waals surface area contributed by atoms with Crippen molar-refractivity contribution in [1.82, 2.24) is 14.7 Å². The number of hydrogen-bond donors (Lipinski definition) is 1. The second kappa shape index (κ2) is 5.23. The molecule has 1 aromatic rings. The molecule has 0 spiro atoms. The zero-order chi connectivity index (χ0) is 13.4. The first kappa shape index (κ1) is 13.1. The Hall–Kier alpha value is -0.910. The fraction of sp³-hybridized carbons (Fsp3) is 0.786. The highest BCUT2D eigenvalue weighted by Crippen LogP contribution is 2.35. The number of morpholine rings is 1. The van der Waals surface area contributed by atoms with Gasteiger partial charge < -0.3 is 10.5 Å². The molecule has 1 aliphatic carbocycles. The molecule has 2 fully saturated rings. The molecular formula is C14H24N4O. The van der Waals surface area contributed by atoms with E-state index in [1.54, 1.807) is 0 Å². The third-order valence-corrected chi connectivity index (χ3v) is 4.78. The van der Waals surface area contributed by atoms with E-state index in [4.69, 9.17) is 10.5 Å². The Balaban J connectivity index is 1.87. The molecule has 0 aromatic carbocycles. The summed E-state index contributed by atoms with van der Waals surface area (Å²) in [5, 5.41) is 4.37. The molecule has 2 aliphatic rings. The number of nitrogens with zero attached hydrogens (tertiary/aromatic N) is 3. The Morgan fingerprint density at radius 3 is 3.05 bits per heavy atom. The molecule has 3 atom stereocenters.